The van der Waals surface area contributed by atoms with Gasteiger partial charge in [0, 0.05) is 12.0 Å². The Kier molecular flexibility index (Phi) is 3.48. The fourth-order valence-electron chi connectivity index (χ4n) is 1.53. The molecule has 0 bridgehead atoms. The van der Waals surface area contributed by atoms with Gasteiger partial charge in [-0.25, -0.2) is 4.68 Å². The molecule has 92 valence electrons. The van der Waals surface area contributed by atoms with Crippen LogP contribution in [0.3, 0.4) is 0 Å². The van der Waals surface area contributed by atoms with E-state index in [1.807, 2.05) is 39.8 Å². The Balaban J connectivity index is 3.01. The van der Waals surface area contributed by atoms with E-state index in [-0.39, 0.29) is 11.0 Å². The first kappa shape index (κ1) is 12.8. The summed E-state index contributed by atoms with van der Waals surface area (Å²) >= 11 is 0. The number of aromatic nitrogens is 2. The highest BCUT2D eigenvalue weighted by Crippen LogP contribution is 2.23. The summed E-state index contributed by atoms with van der Waals surface area (Å²) in [6.07, 6.45) is 0. The van der Waals surface area contributed by atoms with E-state index in [9.17, 15) is 4.79 Å². The highest BCUT2D eigenvalue weighted by Gasteiger charge is 2.22. The van der Waals surface area contributed by atoms with E-state index in [2.05, 4.69) is 5.10 Å². The average molecular weight is 226 g/mol. The predicted molar refractivity (Wildman–Crippen MR) is 66.7 cm³/mol. The second-order valence-electron chi connectivity index (χ2n) is 5.41. The van der Waals surface area contributed by atoms with Gasteiger partial charge in [-0.3, -0.25) is 9.89 Å². The molecule has 0 aliphatic rings. The van der Waals surface area contributed by atoms with Crippen LogP contribution in [0.5, 0.6) is 0 Å². The zero-order chi connectivity index (χ0) is 12.5. The quantitative estimate of drug-likeness (QED) is 0.794. The van der Waals surface area contributed by atoms with Crippen molar-refractivity contribution in [2.24, 2.45) is 0 Å². The third kappa shape index (κ3) is 2.66. The van der Waals surface area contributed by atoms with E-state index in [0.29, 0.717) is 12.2 Å². The molecule has 0 atom stereocenters. The third-order valence-electron chi connectivity index (χ3n) is 2.51. The second-order valence-corrected chi connectivity index (χ2v) is 5.41. The topological polar surface area (TPSA) is 67.1 Å². The summed E-state index contributed by atoms with van der Waals surface area (Å²) in [5.41, 5.74) is 6.72. The van der Waals surface area contributed by atoms with Crippen LogP contribution in [0.25, 0.3) is 0 Å². The molecule has 0 spiro atoms. The molecule has 0 saturated carbocycles. The van der Waals surface area contributed by atoms with E-state index in [4.69, 9.17) is 5.73 Å². The molecule has 0 unspecified atom stereocenters. The lowest BCUT2D eigenvalue weighted by atomic mass is 9.91. The minimum absolute atomic E-state index is 0.119. The van der Waals surface area contributed by atoms with E-state index in [0.717, 1.165) is 12.2 Å². The van der Waals surface area contributed by atoms with Crippen molar-refractivity contribution < 1.29 is 0 Å². The normalized spacial score (nSPS) is 12.4. The molecule has 0 amide bonds. The molecule has 1 aromatic heterocycles. The van der Waals surface area contributed by atoms with Crippen LogP contribution in [0.4, 0.5) is 5.69 Å². The molecule has 5 nitrogen and oxygen atoms in total. The van der Waals surface area contributed by atoms with Crippen molar-refractivity contribution in [3.05, 3.63) is 16.0 Å². The molecule has 1 aromatic rings. The molecular formula is C11H22N4O. The summed E-state index contributed by atoms with van der Waals surface area (Å²) in [4.78, 5) is 13.9. The van der Waals surface area contributed by atoms with E-state index in [1.54, 1.807) is 4.68 Å². The van der Waals surface area contributed by atoms with Gasteiger partial charge in [-0.15, -0.1) is 0 Å². The molecule has 5 heteroatoms. The van der Waals surface area contributed by atoms with Crippen LogP contribution in [0.1, 0.15) is 26.5 Å². The first-order valence-electron chi connectivity index (χ1n) is 5.47. The van der Waals surface area contributed by atoms with Crippen molar-refractivity contribution in [1.29, 1.82) is 0 Å². The standard InChI is InChI=1S/C11H22N4O/c1-11(2,3)9-8(12)10(16)15(13-9)7-6-14(4)5/h13H,6-7,12H2,1-5H3. The lowest BCUT2D eigenvalue weighted by Crippen LogP contribution is -2.25. The Morgan fingerprint density at radius 1 is 1.38 bits per heavy atom. The highest BCUT2D eigenvalue weighted by molar-refractivity contribution is 5.44. The largest absolute Gasteiger partial charge is 0.393 e. The monoisotopic (exact) mass is 226 g/mol. The van der Waals surface area contributed by atoms with E-state index < -0.39 is 0 Å². The van der Waals surface area contributed by atoms with Crippen LogP contribution < -0.4 is 11.3 Å². The maximum Gasteiger partial charge on any atom is 0.289 e. The Bertz CT molecular complexity index is 409. The number of nitrogen functional groups attached to an aromatic ring is 1. The van der Waals surface area contributed by atoms with E-state index in [1.165, 1.54) is 0 Å². The summed E-state index contributed by atoms with van der Waals surface area (Å²) in [6, 6.07) is 0. The summed E-state index contributed by atoms with van der Waals surface area (Å²) in [7, 11) is 3.95. The minimum atomic E-state index is -0.132. The number of hydrogen-bond acceptors (Lipinski definition) is 3. The average Bonchev–Trinajstić information content (AvgIpc) is 2.40. The number of aromatic amines is 1. The van der Waals surface area contributed by atoms with Crippen LogP contribution in [0.2, 0.25) is 0 Å². The first-order valence-corrected chi connectivity index (χ1v) is 5.47. The van der Waals surface area contributed by atoms with Gasteiger partial charge in [0.05, 0.1) is 12.2 Å². The van der Waals surface area contributed by atoms with Crippen molar-refractivity contribution in [2.45, 2.75) is 32.7 Å². The van der Waals surface area contributed by atoms with Gasteiger partial charge in [0.25, 0.3) is 5.56 Å². The van der Waals surface area contributed by atoms with Crippen molar-refractivity contribution in [3.63, 3.8) is 0 Å². The molecule has 0 aliphatic carbocycles. The van der Waals surface area contributed by atoms with Gasteiger partial charge in [0.2, 0.25) is 0 Å². The van der Waals surface area contributed by atoms with Crippen molar-refractivity contribution in [3.8, 4) is 0 Å². The molecule has 0 saturated heterocycles. The van der Waals surface area contributed by atoms with Crippen molar-refractivity contribution in [2.75, 3.05) is 26.4 Å². The molecule has 1 rings (SSSR count). The molecule has 3 N–H and O–H groups in total. The molecule has 0 fully saturated rings. The molecule has 16 heavy (non-hydrogen) atoms. The van der Waals surface area contributed by atoms with Crippen LogP contribution in [0, 0.1) is 0 Å². The Morgan fingerprint density at radius 3 is 2.31 bits per heavy atom. The van der Waals surface area contributed by atoms with Gasteiger partial charge >= 0.3 is 0 Å². The molecule has 0 aromatic carbocycles. The zero-order valence-corrected chi connectivity index (χ0v) is 10.8. The molecule has 0 aliphatic heterocycles. The molecule has 0 radical (unpaired) electrons. The number of anilines is 1. The van der Waals surface area contributed by atoms with Gasteiger partial charge in [-0.05, 0) is 14.1 Å². The Labute approximate surface area is 96.2 Å². The Hall–Kier alpha value is -1.23. The zero-order valence-electron chi connectivity index (χ0n) is 10.8. The van der Waals surface area contributed by atoms with Crippen molar-refractivity contribution >= 4 is 5.69 Å². The highest BCUT2D eigenvalue weighted by atomic mass is 16.1. The van der Waals surface area contributed by atoms with Crippen LogP contribution in [-0.4, -0.2) is 35.3 Å². The molecule has 1 heterocycles. The van der Waals surface area contributed by atoms with Gasteiger partial charge in [0.15, 0.2) is 0 Å². The third-order valence-corrected chi connectivity index (χ3v) is 2.51. The SMILES string of the molecule is CN(C)CCn1[nH]c(C(C)(C)C)c(N)c1=O. The second kappa shape index (κ2) is 4.33. The number of H-pyrrole nitrogens is 1. The maximum absolute atomic E-state index is 11.8. The van der Waals surface area contributed by atoms with E-state index >= 15 is 0 Å². The van der Waals surface area contributed by atoms with Crippen LogP contribution in [0.15, 0.2) is 4.79 Å². The van der Waals surface area contributed by atoms with Gasteiger partial charge in [0.1, 0.15) is 5.69 Å². The predicted octanol–water partition coefficient (Wildman–Crippen LogP) is 0.618. The number of nitrogens with zero attached hydrogens (tertiary/aromatic N) is 2. The van der Waals surface area contributed by atoms with Crippen LogP contribution in [-0.2, 0) is 12.0 Å². The summed E-state index contributed by atoms with van der Waals surface area (Å²) in [5, 5.41) is 3.10. The summed E-state index contributed by atoms with van der Waals surface area (Å²) < 4.78 is 1.58. The summed E-state index contributed by atoms with van der Waals surface area (Å²) in [5.74, 6) is 0. The van der Waals surface area contributed by atoms with Crippen LogP contribution >= 0.6 is 0 Å². The smallest absolute Gasteiger partial charge is 0.289 e. The fraction of sp³-hybridized carbons (Fsp3) is 0.727. The number of likely N-dealkylation sites (N-methyl/N-ethyl adjacent to an activating group) is 1. The fourth-order valence-corrected chi connectivity index (χ4v) is 1.53. The van der Waals surface area contributed by atoms with Gasteiger partial charge < -0.3 is 10.6 Å². The number of rotatable bonds is 3. The first-order chi connectivity index (χ1) is 7.23. The van der Waals surface area contributed by atoms with Gasteiger partial charge in [-0.2, -0.15) is 0 Å². The molecular weight excluding hydrogens is 204 g/mol. The number of nitrogens with one attached hydrogen (secondary N) is 1. The minimum Gasteiger partial charge on any atom is -0.393 e. The van der Waals surface area contributed by atoms with Gasteiger partial charge in [-0.1, -0.05) is 20.8 Å². The number of hydrogen-bond donors (Lipinski definition) is 2. The van der Waals surface area contributed by atoms with Crippen molar-refractivity contribution in [1.82, 2.24) is 14.7 Å². The Morgan fingerprint density at radius 2 is 1.94 bits per heavy atom. The lowest BCUT2D eigenvalue weighted by molar-refractivity contribution is 0.368. The lowest BCUT2D eigenvalue weighted by Gasteiger charge is -2.17. The summed E-state index contributed by atoms with van der Waals surface area (Å²) in [6.45, 7) is 7.54. The maximum atomic E-state index is 11.8. The number of nitrogens with two attached hydrogens (primary N) is 1.